The maximum Gasteiger partial charge on any atom is 0.339 e. The van der Waals surface area contributed by atoms with Crippen LogP contribution >= 0.6 is 0 Å². The maximum atomic E-state index is 12.8. The molecule has 30 heavy (non-hydrogen) atoms. The quantitative estimate of drug-likeness (QED) is 0.346. The number of ether oxygens (including phenoxy) is 2. The van der Waals surface area contributed by atoms with Crippen molar-refractivity contribution in [2.75, 3.05) is 0 Å². The van der Waals surface area contributed by atoms with Gasteiger partial charge in [-0.05, 0) is 40.5 Å². The first-order valence-corrected chi connectivity index (χ1v) is 9.87. The van der Waals surface area contributed by atoms with Gasteiger partial charge in [0.2, 0.25) is 0 Å². The van der Waals surface area contributed by atoms with Crippen LogP contribution in [0.25, 0.3) is 11.1 Å². The molecule has 0 fully saturated rings. The molecule has 0 saturated heterocycles. The third kappa shape index (κ3) is 4.95. The topological polar surface area (TPSA) is 35.5 Å². The van der Waals surface area contributed by atoms with Crippen molar-refractivity contribution in [3.63, 3.8) is 0 Å². The number of hydrogen-bond donors (Lipinski definition) is 0. The fourth-order valence-electron chi connectivity index (χ4n) is 3.21. The molecule has 0 aliphatic rings. The minimum atomic E-state index is -0.343. The molecule has 3 nitrogen and oxygen atoms in total. The van der Waals surface area contributed by atoms with E-state index < -0.39 is 0 Å². The first-order valence-electron chi connectivity index (χ1n) is 9.87. The van der Waals surface area contributed by atoms with Crippen molar-refractivity contribution in [1.29, 1.82) is 0 Å². The third-order valence-electron chi connectivity index (χ3n) is 4.75. The molecule has 4 aromatic rings. The van der Waals surface area contributed by atoms with E-state index >= 15 is 0 Å². The summed E-state index contributed by atoms with van der Waals surface area (Å²) in [6.45, 7) is 0.735. The van der Waals surface area contributed by atoms with Gasteiger partial charge in [-0.2, -0.15) is 0 Å². The zero-order chi connectivity index (χ0) is 20.6. The van der Waals surface area contributed by atoms with Crippen molar-refractivity contribution in [2.24, 2.45) is 0 Å². The van der Waals surface area contributed by atoms with Crippen molar-refractivity contribution in [2.45, 2.75) is 13.2 Å². The van der Waals surface area contributed by atoms with Gasteiger partial charge in [0.15, 0.2) is 0 Å². The monoisotopic (exact) mass is 394 g/mol. The summed E-state index contributed by atoms with van der Waals surface area (Å²) >= 11 is 0. The Balaban J connectivity index is 1.51. The lowest BCUT2D eigenvalue weighted by Gasteiger charge is -2.12. The van der Waals surface area contributed by atoms with E-state index in [-0.39, 0.29) is 12.6 Å². The van der Waals surface area contributed by atoms with Crippen LogP contribution < -0.4 is 4.74 Å². The van der Waals surface area contributed by atoms with Gasteiger partial charge in [-0.25, -0.2) is 4.79 Å². The van der Waals surface area contributed by atoms with E-state index in [2.05, 4.69) is 0 Å². The van der Waals surface area contributed by atoms with E-state index in [4.69, 9.17) is 9.47 Å². The Hall–Kier alpha value is -3.85. The predicted molar refractivity (Wildman–Crippen MR) is 118 cm³/mol. The van der Waals surface area contributed by atoms with Crippen LogP contribution in [0.5, 0.6) is 5.75 Å². The summed E-state index contributed by atoms with van der Waals surface area (Å²) in [6, 6.07) is 35.0. The molecule has 0 unspecified atom stereocenters. The number of carbonyl (C=O) groups excluding carboxylic acids is 1. The minimum absolute atomic E-state index is 0.244. The van der Waals surface area contributed by atoms with Crippen molar-refractivity contribution < 1.29 is 14.3 Å². The Morgan fingerprint density at radius 1 is 0.633 bits per heavy atom. The van der Waals surface area contributed by atoms with E-state index in [0.717, 1.165) is 28.0 Å². The van der Waals surface area contributed by atoms with Crippen LogP contribution in [0.4, 0.5) is 0 Å². The van der Waals surface area contributed by atoms with Crippen LogP contribution in [0.2, 0.25) is 0 Å². The highest BCUT2D eigenvalue weighted by atomic mass is 16.5. The first kappa shape index (κ1) is 19.5. The fourth-order valence-corrected chi connectivity index (χ4v) is 3.21. The van der Waals surface area contributed by atoms with E-state index in [0.29, 0.717) is 12.2 Å². The number of hydrogen-bond acceptors (Lipinski definition) is 3. The Kier molecular flexibility index (Phi) is 6.21. The molecular formula is C27H22O3. The molecule has 0 aromatic heterocycles. The second-order valence-corrected chi connectivity index (χ2v) is 6.91. The van der Waals surface area contributed by atoms with E-state index in [1.54, 1.807) is 6.07 Å². The van der Waals surface area contributed by atoms with Gasteiger partial charge >= 0.3 is 5.97 Å². The molecule has 0 radical (unpaired) electrons. The zero-order valence-electron chi connectivity index (χ0n) is 16.5. The van der Waals surface area contributed by atoms with Crippen LogP contribution in [-0.4, -0.2) is 5.97 Å². The fraction of sp³-hybridized carbons (Fsp3) is 0.0741. The standard InChI is InChI=1S/C27H22O3/c28-27(30-20-22-12-5-2-6-13-22)26-17-8-7-16-25(26)23-14-9-15-24(18-23)29-19-21-10-3-1-4-11-21/h1-18H,19-20H2. The maximum absolute atomic E-state index is 12.8. The van der Waals surface area contributed by atoms with Gasteiger partial charge in [0.25, 0.3) is 0 Å². The molecule has 0 amide bonds. The lowest BCUT2D eigenvalue weighted by Crippen LogP contribution is -2.07. The van der Waals surface area contributed by atoms with Gasteiger partial charge < -0.3 is 9.47 Å². The van der Waals surface area contributed by atoms with Gasteiger partial charge in [-0.1, -0.05) is 91.0 Å². The van der Waals surface area contributed by atoms with Crippen molar-refractivity contribution in [1.82, 2.24) is 0 Å². The summed E-state index contributed by atoms with van der Waals surface area (Å²) in [5.41, 5.74) is 4.33. The third-order valence-corrected chi connectivity index (χ3v) is 4.75. The van der Waals surface area contributed by atoms with Gasteiger partial charge in [0.05, 0.1) is 5.56 Å². The summed E-state index contributed by atoms with van der Waals surface area (Å²) in [6.07, 6.45) is 0. The highest BCUT2D eigenvalue weighted by Crippen LogP contribution is 2.28. The molecule has 0 atom stereocenters. The minimum Gasteiger partial charge on any atom is -0.489 e. The molecule has 4 aromatic carbocycles. The molecule has 0 saturated carbocycles. The molecular weight excluding hydrogens is 372 g/mol. The van der Waals surface area contributed by atoms with Crippen LogP contribution in [0, 0.1) is 0 Å². The Labute approximate surface area is 176 Å². The Morgan fingerprint density at radius 2 is 1.27 bits per heavy atom. The van der Waals surface area contributed by atoms with Crippen LogP contribution in [0.15, 0.2) is 109 Å². The summed E-state index contributed by atoms with van der Waals surface area (Å²) in [4.78, 5) is 12.8. The average Bonchev–Trinajstić information content (AvgIpc) is 2.83. The van der Waals surface area contributed by atoms with Crippen LogP contribution in [-0.2, 0) is 18.0 Å². The molecule has 0 spiro atoms. The zero-order valence-corrected chi connectivity index (χ0v) is 16.5. The van der Waals surface area contributed by atoms with Crippen molar-refractivity contribution in [3.05, 3.63) is 126 Å². The molecule has 3 heteroatoms. The van der Waals surface area contributed by atoms with E-state index in [1.165, 1.54) is 0 Å². The highest BCUT2D eigenvalue weighted by molar-refractivity contribution is 5.97. The average molecular weight is 394 g/mol. The number of rotatable bonds is 7. The van der Waals surface area contributed by atoms with E-state index in [1.807, 2.05) is 103 Å². The van der Waals surface area contributed by atoms with Gasteiger partial charge in [0.1, 0.15) is 19.0 Å². The second kappa shape index (κ2) is 9.57. The van der Waals surface area contributed by atoms with Gasteiger partial charge in [-0.15, -0.1) is 0 Å². The summed E-state index contributed by atoms with van der Waals surface area (Å²) in [7, 11) is 0. The molecule has 4 rings (SSSR count). The van der Waals surface area contributed by atoms with E-state index in [9.17, 15) is 4.79 Å². The van der Waals surface area contributed by atoms with Crippen molar-refractivity contribution >= 4 is 5.97 Å². The molecule has 0 bridgehead atoms. The summed E-state index contributed by atoms with van der Waals surface area (Å²) in [5.74, 6) is 0.411. The number of carbonyl (C=O) groups is 1. The Morgan fingerprint density at radius 3 is 2.00 bits per heavy atom. The van der Waals surface area contributed by atoms with Crippen molar-refractivity contribution in [3.8, 4) is 16.9 Å². The molecule has 0 heterocycles. The van der Waals surface area contributed by atoms with Crippen LogP contribution in [0.3, 0.4) is 0 Å². The van der Waals surface area contributed by atoms with Gasteiger partial charge in [-0.3, -0.25) is 0 Å². The second-order valence-electron chi connectivity index (χ2n) is 6.91. The SMILES string of the molecule is O=C(OCc1ccccc1)c1ccccc1-c1cccc(OCc2ccccc2)c1. The van der Waals surface area contributed by atoms with Crippen LogP contribution in [0.1, 0.15) is 21.5 Å². The molecule has 0 aliphatic carbocycles. The summed E-state index contributed by atoms with van der Waals surface area (Å²) in [5, 5.41) is 0. The van der Waals surface area contributed by atoms with Gasteiger partial charge in [0, 0.05) is 0 Å². The predicted octanol–water partition coefficient (Wildman–Crippen LogP) is 6.29. The lowest BCUT2D eigenvalue weighted by molar-refractivity contribution is 0.0473. The lowest BCUT2D eigenvalue weighted by atomic mass is 9.99. The number of benzene rings is 4. The highest BCUT2D eigenvalue weighted by Gasteiger charge is 2.14. The molecule has 148 valence electrons. The molecule has 0 N–H and O–H groups in total. The first-order chi connectivity index (χ1) is 14.8. The normalized spacial score (nSPS) is 10.4. The smallest absolute Gasteiger partial charge is 0.339 e. The number of esters is 1. The summed E-state index contributed by atoms with van der Waals surface area (Å²) < 4.78 is 11.5. The largest absolute Gasteiger partial charge is 0.489 e. The Bertz CT molecular complexity index is 1110. The molecule has 0 aliphatic heterocycles.